The van der Waals surface area contributed by atoms with Crippen LogP contribution in [0, 0.1) is 11.3 Å². The first-order valence-corrected chi connectivity index (χ1v) is 7.67. The molecular formula is C16H14Cl2N4O. The quantitative estimate of drug-likeness (QED) is 0.841. The van der Waals surface area contributed by atoms with E-state index in [1.807, 2.05) is 19.9 Å². The molecule has 0 amide bonds. The van der Waals surface area contributed by atoms with Gasteiger partial charge in [-0.05, 0) is 38.1 Å². The van der Waals surface area contributed by atoms with Crippen molar-refractivity contribution in [2.75, 3.05) is 11.6 Å². The van der Waals surface area contributed by atoms with E-state index in [0.29, 0.717) is 39.2 Å². The maximum Gasteiger partial charge on any atom is 0.144 e. The molecule has 2 heterocycles. The Morgan fingerprint density at radius 1 is 1.30 bits per heavy atom. The second-order valence-electron chi connectivity index (χ2n) is 5.81. The fourth-order valence-electron chi connectivity index (χ4n) is 2.50. The minimum absolute atomic E-state index is 0.235. The summed E-state index contributed by atoms with van der Waals surface area (Å²) >= 11 is 12.1. The predicted octanol–water partition coefficient (Wildman–Crippen LogP) is 3.60. The number of anilines is 1. The summed E-state index contributed by atoms with van der Waals surface area (Å²) in [5.41, 5.74) is 8.00. The van der Waals surface area contributed by atoms with E-state index in [1.54, 1.807) is 18.2 Å². The standard InChI is InChI=1S/C16H14Cl2N4O/c1-16(2)6-12-13(7-19)15(20)22(21-14(12)8-23-16)11-4-9(17)3-10(18)5-11/h3-6H,8,20H2,1-2H3. The Kier molecular flexibility index (Phi) is 3.85. The molecule has 0 saturated carbocycles. The molecule has 0 aliphatic carbocycles. The molecule has 1 aromatic rings. The molecule has 2 aliphatic heterocycles. The van der Waals surface area contributed by atoms with Crippen molar-refractivity contribution >= 4 is 34.6 Å². The summed E-state index contributed by atoms with van der Waals surface area (Å²) in [6, 6.07) is 7.14. The summed E-state index contributed by atoms with van der Waals surface area (Å²) in [5.74, 6) is 0.235. The van der Waals surface area contributed by atoms with Gasteiger partial charge in [-0.25, -0.2) is 5.01 Å². The minimum Gasteiger partial charge on any atom is -0.383 e. The van der Waals surface area contributed by atoms with Gasteiger partial charge >= 0.3 is 0 Å². The van der Waals surface area contributed by atoms with Gasteiger partial charge in [0.15, 0.2) is 0 Å². The number of hydrogen-bond donors (Lipinski definition) is 1. The van der Waals surface area contributed by atoms with Crippen molar-refractivity contribution in [1.82, 2.24) is 0 Å². The van der Waals surface area contributed by atoms with Crippen LogP contribution in [0.25, 0.3) is 0 Å². The number of hydrogen-bond acceptors (Lipinski definition) is 5. The van der Waals surface area contributed by atoms with Crippen LogP contribution in [-0.4, -0.2) is 17.9 Å². The third-order valence-corrected chi connectivity index (χ3v) is 4.00. The Hall–Kier alpha value is -2.00. The first kappa shape index (κ1) is 15.9. The molecule has 0 atom stereocenters. The zero-order chi connectivity index (χ0) is 16.8. The first-order valence-electron chi connectivity index (χ1n) is 6.92. The topological polar surface area (TPSA) is 74.6 Å². The van der Waals surface area contributed by atoms with Crippen molar-refractivity contribution < 1.29 is 4.74 Å². The van der Waals surface area contributed by atoms with E-state index in [-0.39, 0.29) is 5.82 Å². The SMILES string of the molecule is CC1(C)C=C2C(=NN(c3cc(Cl)cc(Cl)c3)C(N)=C2C#N)CO1. The van der Waals surface area contributed by atoms with Crippen LogP contribution in [0.2, 0.25) is 10.0 Å². The maximum absolute atomic E-state index is 9.54. The summed E-state index contributed by atoms with van der Waals surface area (Å²) in [4.78, 5) is 0. The zero-order valence-corrected chi connectivity index (χ0v) is 14.1. The highest BCUT2D eigenvalue weighted by atomic mass is 35.5. The number of hydrazone groups is 1. The molecule has 118 valence electrons. The predicted molar refractivity (Wildman–Crippen MR) is 91.3 cm³/mol. The van der Waals surface area contributed by atoms with Crippen LogP contribution < -0.4 is 10.7 Å². The second-order valence-corrected chi connectivity index (χ2v) is 6.68. The number of halogens is 2. The Labute approximate surface area is 144 Å². The van der Waals surface area contributed by atoms with Gasteiger partial charge in [-0.2, -0.15) is 10.4 Å². The van der Waals surface area contributed by atoms with Gasteiger partial charge in [-0.15, -0.1) is 0 Å². The number of rotatable bonds is 1. The summed E-state index contributed by atoms with van der Waals surface area (Å²) in [6.07, 6.45) is 1.86. The largest absolute Gasteiger partial charge is 0.383 e. The molecule has 0 spiro atoms. The number of ether oxygens (including phenoxy) is 1. The van der Waals surface area contributed by atoms with Crippen LogP contribution in [0.15, 0.2) is 46.3 Å². The molecule has 0 unspecified atom stereocenters. The summed E-state index contributed by atoms with van der Waals surface area (Å²) in [6.45, 7) is 4.14. The van der Waals surface area contributed by atoms with E-state index >= 15 is 0 Å². The van der Waals surface area contributed by atoms with E-state index in [1.165, 1.54) is 5.01 Å². The Morgan fingerprint density at radius 2 is 1.96 bits per heavy atom. The number of fused-ring (bicyclic) bond motifs is 1. The molecule has 23 heavy (non-hydrogen) atoms. The molecule has 1 aromatic carbocycles. The molecule has 0 aromatic heterocycles. The molecule has 0 fully saturated rings. The average Bonchev–Trinajstić information content (AvgIpc) is 2.45. The van der Waals surface area contributed by atoms with Crippen molar-refractivity contribution in [2.45, 2.75) is 19.4 Å². The molecular weight excluding hydrogens is 335 g/mol. The third kappa shape index (κ3) is 2.93. The van der Waals surface area contributed by atoms with Crippen molar-refractivity contribution in [1.29, 1.82) is 5.26 Å². The lowest BCUT2D eigenvalue weighted by Crippen LogP contribution is -2.39. The first-order chi connectivity index (χ1) is 10.8. The summed E-state index contributed by atoms with van der Waals surface area (Å²) in [7, 11) is 0. The van der Waals surface area contributed by atoms with E-state index < -0.39 is 5.60 Å². The Bertz CT molecular complexity index is 798. The van der Waals surface area contributed by atoms with Crippen LogP contribution in [0.5, 0.6) is 0 Å². The molecule has 3 rings (SSSR count). The normalized spacial score (nSPS) is 19.7. The van der Waals surface area contributed by atoms with E-state index in [2.05, 4.69) is 11.2 Å². The molecule has 2 aliphatic rings. The molecule has 0 saturated heterocycles. The monoisotopic (exact) mass is 348 g/mol. The Morgan fingerprint density at radius 3 is 2.57 bits per heavy atom. The van der Waals surface area contributed by atoms with E-state index in [9.17, 15) is 5.26 Å². The van der Waals surface area contributed by atoms with Crippen molar-refractivity contribution in [2.24, 2.45) is 10.8 Å². The van der Waals surface area contributed by atoms with Crippen LogP contribution >= 0.6 is 23.2 Å². The molecule has 0 radical (unpaired) electrons. The highest BCUT2D eigenvalue weighted by Gasteiger charge is 2.33. The van der Waals surface area contributed by atoms with Gasteiger partial charge in [0.2, 0.25) is 0 Å². The fraction of sp³-hybridized carbons (Fsp3) is 0.250. The summed E-state index contributed by atoms with van der Waals surface area (Å²) < 4.78 is 5.74. The number of nitrogens with zero attached hydrogens (tertiary/aromatic N) is 3. The molecule has 0 bridgehead atoms. The van der Waals surface area contributed by atoms with E-state index in [4.69, 9.17) is 33.7 Å². The fourth-order valence-corrected chi connectivity index (χ4v) is 3.01. The summed E-state index contributed by atoms with van der Waals surface area (Å²) in [5, 5.41) is 16.4. The average molecular weight is 349 g/mol. The van der Waals surface area contributed by atoms with Gasteiger partial charge in [-0.3, -0.25) is 0 Å². The lowest BCUT2D eigenvalue weighted by atomic mass is 9.92. The highest BCUT2D eigenvalue weighted by Crippen LogP contribution is 2.34. The van der Waals surface area contributed by atoms with Crippen LogP contribution in [-0.2, 0) is 4.74 Å². The molecule has 2 N–H and O–H groups in total. The van der Waals surface area contributed by atoms with Crippen LogP contribution in [0.4, 0.5) is 5.69 Å². The Balaban J connectivity index is 2.15. The lowest BCUT2D eigenvalue weighted by Gasteiger charge is -2.34. The maximum atomic E-state index is 9.54. The minimum atomic E-state index is -0.474. The lowest BCUT2D eigenvalue weighted by molar-refractivity contribution is 0.0409. The van der Waals surface area contributed by atoms with Gasteiger partial charge in [0.25, 0.3) is 0 Å². The van der Waals surface area contributed by atoms with Crippen molar-refractivity contribution in [3.8, 4) is 6.07 Å². The van der Waals surface area contributed by atoms with E-state index in [0.717, 1.165) is 0 Å². The number of benzene rings is 1. The molecule has 7 heteroatoms. The van der Waals surface area contributed by atoms with Gasteiger partial charge < -0.3 is 10.5 Å². The van der Waals surface area contributed by atoms with Gasteiger partial charge in [0, 0.05) is 15.6 Å². The highest BCUT2D eigenvalue weighted by molar-refractivity contribution is 6.35. The van der Waals surface area contributed by atoms with Gasteiger partial charge in [0.05, 0.1) is 23.6 Å². The number of nitriles is 1. The van der Waals surface area contributed by atoms with Crippen molar-refractivity contribution in [3.63, 3.8) is 0 Å². The molecule has 5 nitrogen and oxygen atoms in total. The zero-order valence-electron chi connectivity index (χ0n) is 12.6. The van der Waals surface area contributed by atoms with Crippen molar-refractivity contribution in [3.05, 3.63) is 51.3 Å². The van der Waals surface area contributed by atoms with Gasteiger partial charge in [-0.1, -0.05) is 23.2 Å². The second kappa shape index (κ2) is 5.57. The third-order valence-electron chi connectivity index (χ3n) is 3.56. The number of allylic oxidation sites excluding steroid dienone is 1. The van der Waals surface area contributed by atoms with Crippen LogP contribution in [0.3, 0.4) is 0 Å². The smallest absolute Gasteiger partial charge is 0.144 e. The number of nitrogens with two attached hydrogens (primary N) is 1. The van der Waals surface area contributed by atoms with Crippen LogP contribution in [0.1, 0.15) is 13.8 Å². The van der Waals surface area contributed by atoms with Gasteiger partial charge in [0.1, 0.15) is 17.5 Å².